The second-order valence-corrected chi connectivity index (χ2v) is 6.75. The summed E-state index contributed by atoms with van der Waals surface area (Å²) in [5.74, 6) is -0.684. The molecule has 1 aromatic heterocycles. The lowest BCUT2D eigenvalue weighted by atomic mass is 9.76. The number of hydrogen-bond acceptors (Lipinski definition) is 3. The minimum atomic E-state index is -0.761. The third-order valence-corrected chi connectivity index (χ3v) is 4.91. The molecule has 102 valence electrons. The topological polar surface area (TPSA) is 50.2 Å². The van der Waals surface area contributed by atoms with Crippen molar-refractivity contribution in [3.63, 3.8) is 0 Å². The summed E-state index contributed by atoms with van der Waals surface area (Å²) in [5, 5.41) is 10.4. The maximum absolute atomic E-state index is 11.5. The molecule has 0 aliphatic carbocycles. The van der Waals surface area contributed by atoms with Crippen LogP contribution in [0.1, 0.15) is 31.3 Å². The molecule has 1 aromatic carbocycles. The minimum Gasteiger partial charge on any atom is -0.481 e. The molecule has 19 heavy (non-hydrogen) atoms. The van der Waals surface area contributed by atoms with Gasteiger partial charge in [-0.15, -0.1) is 11.3 Å². The van der Waals surface area contributed by atoms with Crippen molar-refractivity contribution in [1.29, 1.82) is 0 Å². The lowest BCUT2D eigenvalue weighted by Crippen LogP contribution is -2.35. The molecule has 4 heteroatoms. The number of rotatable bonds is 4. The highest BCUT2D eigenvalue weighted by Gasteiger charge is 2.37. The van der Waals surface area contributed by atoms with Crippen molar-refractivity contribution in [2.75, 3.05) is 0 Å². The van der Waals surface area contributed by atoms with Gasteiger partial charge < -0.3 is 5.11 Å². The van der Waals surface area contributed by atoms with Gasteiger partial charge in [0, 0.05) is 6.42 Å². The predicted octanol–water partition coefficient (Wildman–Crippen LogP) is 3.89. The van der Waals surface area contributed by atoms with E-state index in [4.69, 9.17) is 0 Å². The normalized spacial score (nSPS) is 14.8. The average molecular weight is 277 g/mol. The molecule has 0 aliphatic rings. The Balaban J connectivity index is 2.37. The van der Waals surface area contributed by atoms with Crippen LogP contribution < -0.4 is 0 Å². The predicted molar refractivity (Wildman–Crippen MR) is 78.6 cm³/mol. The van der Waals surface area contributed by atoms with Crippen molar-refractivity contribution in [2.45, 2.75) is 34.1 Å². The van der Waals surface area contributed by atoms with Crippen molar-refractivity contribution in [3.05, 3.63) is 28.8 Å². The zero-order valence-electron chi connectivity index (χ0n) is 11.7. The summed E-state index contributed by atoms with van der Waals surface area (Å²) in [7, 11) is 0. The number of thiazole rings is 1. The Morgan fingerprint density at radius 1 is 1.47 bits per heavy atom. The molecule has 0 bridgehead atoms. The van der Waals surface area contributed by atoms with Crippen LogP contribution in [0.15, 0.2) is 18.2 Å². The maximum atomic E-state index is 11.5. The lowest BCUT2D eigenvalue weighted by Gasteiger charge is -2.27. The molecule has 0 radical (unpaired) electrons. The van der Waals surface area contributed by atoms with Gasteiger partial charge in [0.1, 0.15) is 0 Å². The van der Waals surface area contributed by atoms with E-state index in [-0.39, 0.29) is 5.92 Å². The highest BCUT2D eigenvalue weighted by atomic mass is 32.1. The first-order valence-corrected chi connectivity index (χ1v) is 7.24. The van der Waals surface area contributed by atoms with Crippen LogP contribution in [0.25, 0.3) is 10.2 Å². The van der Waals surface area contributed by atoms with Crippen LogP contribution in [0.3, 0.4) is 0 Å². The van der Waals surface area contributed by atoms with Crippen LogP contribution in [-0.2, 0) is 11.2 Å². The first kappa shape index (κ1) is 14.0. The third kappa shape index (κ3) is 2.63. The number of benzene rings is 1. The van der Waals surface area contributed by atoms with E-state index in [1.165, 1.54) is 5.56 Å². The van der Waals surface area contributed by atoms with E-state index >= 15 is 0 Å². The molecule has 0 spiro atoms. The van der Waals surface area contributed by atoms with Crippen molar-refractivity contribution >= 4 is 27.5 Å². The zero-order valence-corrected chi connectivity index (χ0v) is 12.5. The Bertz CT molecular complexity index is 618. The molecule has 0 saturated carbocycles. The number of fused-ring (bicyclic) bond motifs is 1. The first-order valence-electron chi connectivity index (χ1n) is 6.42. The van der Waals surface area contributed by atoms with E-state index in [2.05, 4.69) is 17.1 Å². The van der Waals surface area contributed by atoms with Gasteiger partial charge in [0.15, 0.2) is 0 Å². The highest BCUT2D eigenvalue weighted by Crippen LogP contribution is 2.34. The van der Waals surface area contributed by atoms with Gasteiger partial charge in [-0.3, -0.25) is 4.79 Å². The van der Waals surface area contributed by atoms with Crippen molar-refractivity contribution in [2.24, 2.45) is 11.3 Å². The maximum Gasteiger partial charge on any atom is 0.310 e. The molecule has 1 atom stereocenters. The van der Waals surface area contributed by atoms with Crippen LogP contribution >= 0.6 is 11.3 Å². The Kier molecular flexibility index (Phi) is 3.63. The van der Waals surface area contributed by atoms with Crippen LogP contribution in [-0.4, -0.2) is 16.1 Å². The molecule has 1 heterocycles. The number of hydrogen-bond donors (Lipinski definition) is 1. The standard InChI is InChI=1S/C15H19NO2S/c1-9(2)15(4,14(17)18)8-13-16-11-7-10(3)5-6-12(11)19-13/h5-7,9H,8H2,1-4H3,(H,17,18). The highest BCUT2D eigenvalue weighted by molar-refractivity contribution is 7.18. The summed E-state index contributed by atoms with van der Waals surface area (Å²) in [4.78, 5) is 16.1. The molecular formula is C15H19NO2S. The minimum absolute atomic E-state index is 0.0683. The van der Waals surface area contributed by atoms with Gasteiger partial charge in [0.25, 0.3) is 0 Å². The summed E-state index contributed by atoms with van der Waals surface area (Å²) in [6.07, 6.45) is 0.485. The van der Waals surface area contributed by atoms with Crippen molar-refractivity contribution in [3.8, 4) is 0 Å². The molecule has 2 rings (SSSR count). The fourth-order valence-electron chi connectivity index (χ4n) is 2.00. The molecule has 1 unspecified atom stereocenters. The van der Waals surface area contributed by atoms with E-state index in [0.717, 1.165) is 15.2 Å². The smallest absolute Gasteiger partial charge is 0.310 e. The summed E-state index contributed by atoms with van der Waals surface area (Å²) < 4.78 is 1.12. The Hall–Kier alpha value is -1.42. The van der Waals surface area contributed by atoms with E-state index in [1.807, 2.05) is 26.8 Å². The van der Waals surface area contributed by atoms with Crippen LogP contribution in [0.5, 0.6) is 0 Å². The van der Waals surface area contributed by atoms with Gasteiger partial charge in [0.05, 0.1) is 20.6 Å². The lowest BCUT2D eigenvalue weighted by molar-refractivity contribution is -0.150. The van der Waals surface area contributed by atoms with E-state index in [1.54, 1.807) is 18.3 Å². The van der Waals surface area contributed by atoms with Gasteiger partial charge in [-0.2, -0.15) is 0 Å². The number of carbonyl (C=O) groups is 1. The third-order valence-electron chi connectivity index (χ3n) is 3.87. The van der Waals surface area contributed by atoms with Crippen molar-refractivity contribution < 1.29 is 9.90 Å². The molecule has 2 aromatic rings. The molecule has 0 aliphatic heterocycles. The van der Waals surface area contributed by atoms with Gasteiger partial charge in [-0.05, 0) is 37.5 Å². The number of aryl methyl sites for hydroxylation is 1. The van der Waals surface area contributed by atoms with Gasteiger partial charge in [-0.25, -0.2) is 4.98 Å². The Morgan fingerprint density at radius 3 is 2.74 bits per heavy atom. The summed E-state index contributed by atoms with van der Waals surface area (Å²) >= 11 is 1.59. The molecule has 0 saturated heterocycles. The fourth-order valence-corrected chi connectivity index (χ4v) is 3.12. The number of carboxylic acids is 1. The van der Waals surface area contributed by atoms with Crippen molar-refractivity contribution in [1.82, 2.24) is 4.98 Å². The Labute approximate surface area is 117 Å². The van der Waals surface area contributed by atoms with E-state index < -0.39 is 11.4 Å². The molecule has 3 nitrogen and oxygen atoms in total. The fraction of sp³-hybridized carbons (Fsp3) is 0.467. The Morgan fingerprint density at radius 2 is 2.16 bits per heavy atom. The zero-order chi connectivity index (χ0) is 14.2. The largest absolute Gasteiger partial charge is 0.481 e. The second kappa shape index (κ2) is 4.93. The number of carboxylic acid groups (broad SMARTS) is 1. The van der Waals surface area contributed by atoms with Gasteiger partial charge in [-0.1, -0.05) is 19.9 Å². The number of aromatic nitrogens is 1. The van der Waals surface area contributed by atoms with E-state index in [0.29, 0.717) is 6.42 Å². The van der Waals surface area contributed by atoms with Crippen LogP contribution in [0, 0.1) is 18.3 Å². The molecule has 1 N–H and O–H groups in total. The SMILES string of the molecule is Cc1ccc2sc(CC(C)(C(=O)O)C(C)C)nc2c1. The monoisotopic (exact) mass is 277 g/mol. The first-order chi connectivity index (χ1) is 8.83. The van der Waals surface area contributed by atoms with Crippen LogP contribution in [0.2, 0.25) is 0 Å². The van der Waals surface area contributed by atoms with Gasteiger partial charge >= 0.3 is 5.97 Å². The molecule has 0 amide bonds. The molecule has 0 fully saturated rings. The van der Waals surface area contributed by atoms with Crippen LogP contribution in [0.4, 0.5) is 0 Å². The average Bonchev–Trinajstić information content (AvgIpc) is 2.69. The van der Waals surface area contributed by atoms with Gasteiger partial charge in [0.2, 0.25) is 0 Å². The second-order valence-electron chi connectivity index (χ2n) is 5.63. The number of aliphatic carboxylic acids is 1. The summed E-state index contributed by atoms with van der Waals surface area (Å²) in [6.45, 7) is 7.74. The quantitative estimate of drug-likeness (QED) is 0.922. The molecular weight excluding hydrogens is 258 g/mol. The summed E-state index contributed by atoms with van der Waals surface area (Å²) in [6, 6.07) is 6.16. The summed E-state index contributed by atoms with van der Waals surface area (Å²) in [5.41, 5.74) is 1.38. The number of nitrogens with zero attached hydrogens (tertiary/aromatic N) is 1. The van der Waals surface area contributed by atoms with E-state index in [9.17, 15) is 9.90 Å².